The SMILES string of the molecule is c1ccc2c(c1)CCCC2CC1CCNC1. The molecular weight excluding hydrogens is 194 g/mol. The second kappa shape index (κ2) is 4.58. The van der Waals surface area contributed by atoms with E-state index in [4.69, 9.17) is 0 Å². The molecule has 3 rings (SSSR count). The van der Waals surface area contributed by atoms with Crippen LogP contribution in [0.2, 0.25) is 0 Å². The first-order valence-corrected chi connectivity index (χ1v) is 6.72. The molecule has 1 aromatic rings. The van der Waals surface area contributed by atoms with Gasteiger partial charge in [0.25, 0.3) is 0 Å². The Hall–Kier alpha value is -0.820. The van der Waals surface area contributed by atoms with Gasteiger partial charge in [-0.25, -0.2) is 0 Å². The lowest BCUT2D eigenvalue weighted by atomic mass is 9.78. The van der Waals surface area contributed by atoms with Gasteiger partial charge in [0.1, 0.15) is 0 Å². The van der Waals surface area contributed by atoms with Gasteiger partial charge in [-0.3, -0.25) is 0 Å². The maximum absolute atomic E-state index is 3.49. The molecule has 2 unspecified atom stereocenters. The summed E-state index contributed by atoms with van der Waals surface area (Å²) in [6.45, 7) is 2.48. The van der Waals surface area contributed by atoms with Gasteiger partial charge in [-0.05, 0) is 68.2 Å². The third kappa shape index (κ3) is 2.01. The summed E-state index contributed by atoms with van der Waals surface area (Å²) in [5.41, 5.74) is 3.27. The summed E-state index contributed by atoms with van der Waals surface area (Å²) >= 11 is 0. The van der Waals surface area contributed by atoms with Crippen molar-refractivity contribution in [2.45, 2.75) is 38.0 Å². The first-order valence-electron chi connectivity index (χ1n) is 6.72. The Morgan fingerprint density at radius 3 is 3.00 bits per heavy atom. The van der Waals surface area contributed by atoms with Gasteiger partial charge in [0.05, 0.1) is 0 Å². The minimum atomic E-state index is 0.842. The van der Waals surface area contributed by atoms with E-state index in [1.54, 1.807) is 11.1 Å². The van der Waals surface area contributed by atoms with E-state index in [1.165, 1.54) is 45.2 Å². The molecule has 0 aromatic heterocycles. The van der Waals surface area contributed by atoms with Crippen LogP contribution in [0.25, 0.3) is 0 Å². The highest BCUT2D eigenvalue weighted by atomic mass is 14.9. The monoisotopic (exact) mass is 215 g/mol. The number of hydrogen-bond acceptors (Lipinski definition) is 1. The minimum absolute atomic E-state index is 0.842. The molecule has 2 aliphatic rings. The predicted octanol–water partition coefficient (Wildman–Crippen LogP) is 3.11. The zero-order chi connectivity index (χ0) is 10.8. The molecule has 1 fully saturated rings. The lowest BCUT2D eigenvalue weighted by Crippen LogP contribution is -2.15. The van der Waals surface area contributed by atoms with E-state index < -0.39 is 0 Å². The molecule has 0 spiro atoms. The Morgan fingerprint density at radius 2 is 2.12 bits per heavy atom. The summed E-state index contributed by atoms with van der Waals surface area (Å²) in [6.07, 6.45) is 6.90. The van der Waals surface area contributed by atoms with Crippen molar-refractivity contribution in [2.24, 2.45) is 5.92 Å². The second-order valence-corrected chi connectivity index (χ2v) is 5.38. The van der Waals surface area contributed by atoms with Gasteiger partial charge in [0.15, 0.2) is 0 Å². The molecule has 0 amide bonds. The molecule has 0 saturated carbocycles. The quantitative estimate of drug-likeness (QED) is 0.799. The van der Waals surface area contributed by atoms with Crippen molar-refractivity contribution in [2.75, 3.05) is 13.1 Å². The van der Waals surface area contributed by atoms with Crippen LogP contribution in [0.4, 0.5) is 0 Å². The fourth-order valence-corrected chi connectivity index (χ4v) is 3.42. The average Bonchev–Trinajstić information content (AvgIpc) is 2.82. The first-order chi connectivity index (χ1) is 7.93. The Kier molecular flexibility index (Phi) is 2.96. The number of nitrogens with one attached hydrogen (secondary N) is 1. The highest BCUT2D eigenvalue weighted by Crippen LogP contribution is 2.36. The van der Waals surface area contributed by atoms with Crippen LogP contribution in [-0.2, 0) is 6.42 Å². The molecule has 1 heterocycles. The Labute approximate surface area is 98.3 Å². The van der Waals surface area contributed by atoms with Gasteiger partial charge >= 0.3 is 0 Å². The van der Waals surface area contributed by atoms with E-state index in [9.17, 15) is 0 Å². The van der Waals surface area contributed by atoms with Crippen molar-refractivity contribution >= 4 is 0 Å². The van der Waals surface area contributed by atoms with Crippen LogP contribution in [0.5, 0.6) is 0 Å². The largest absolute Gasteiger partial charge is 0.316 e. The van der Waals surface area contributed by atoms with E-state index in [2.05, 4.69) is 29.6 Å². The van der Waals surface area contributed by atoms with Crippen LogP contribution >= 0.6 is 0 Å². The summed E-state index contributed by atoms with van der Waals surface area (Å²) in [6, 6.07) is 9.10. The number of aryl methyl sites for hydroxylation is 1. The smallest absolute Gasteiger partial charge is 0.00198 e. The zero-order valence-corrected chi connectivity index (χ0v) is 9.91. The maximum Gasteiger partial charge on any atom is -0.00198 e. The zero-order valence-electron chi connectivity index (χ0n) is 9.91. The lowest BCUT2D eigenvalue weighted by Gasteiger charge is -2.27. The van der Waals surface area contributed by atoms with Gasteiger partial charge in [0, 0.05) is 0 Å². The molecule has 0 bridgehead atoms. The summed E-state index contributed by atoms with van der Waals surface area (Å²) in [5, 5.41) is 3.49. The topological polar surface area (TPSA) is 12.0 Å². The van der Waals surface area contributed by atoms with Crippen LogP contribution in [-0.4, -0.2) is 13.1 Å². The molecule has 86 valence electrons. The molecule has 1 nitrogen and oxygen atoms in total. The standard InChI is InChI=1S/C15H21N/c1-2-7-15-13(4-1)5-3-6-14(15)10-12-8-9-16-11-12/h1-2,4,7,12,14,16H,3,5-6,8-11H2. The maximum atomic E-state index is 3.49. The molecule has 0 radical (unpaired) electrons. The summed E-state index contributed by atoms with van der Waals surface area (Å²) in [7, 11) is 0. The van der Waals surface area contributed by atoms with E-state index in [0.717, 1.165) is 11.8 Å². The average molecular weight is 215 g/mol. The van der Waals surface area contributed by atoms with Crippen LogP contribution in [0.1, 0.15) is 42.7 Å². The van der Waals surface area contributed by atoms with E-state index in [1.807, 2.05) is 0 Å². The summed E-state index contributed by atoms with van der Waals surface area (Å²) < 4.78 is 0. The van der Waals surface area contributed by atoms with Crippen LogP contribution < -0.4 is 5.32 Å². The summed E-state index contributed by atoms with van der Waals surface area (Å²) in [5.74, 6) is 1.77. The van der Waals surface area contributed by atoms with Gasteiger partial charge in [-0.2, -0.15) is 0 Å². The van der Waals surface area contributed by atoms with Crippen molar-refractivity contribution in [3.8, 4) is 0 Å². The molecule has 1 N–H and O–H groups in total. The van der Waals surface area contributed by atoms with Crippen LogP contribution in [0.3, 0.4) is 0 Å². The second-order valence-electron chi connectivity index (χ2n) is 5.38. The lowest BCUT2D eigenvalue weighted by molar-refractivity contribution is 0.425. The number of benzene rings is 1. The fraction of sp³-hybridized carbons (Fsp3) is 0.600. The Balaban J connectivity index is 1.76. The van der Waals surface area contributed by atoms with Crippen molar-refractivity contribution in [1.82, 2.24) is 5.32 Å². The van der Waals surface area contributed by atoms with E-state index >= 15 is 0 Å². The fourth-order valence-electron chi connectivity index (χ4n) is 3.42. The van der Waals surface area contributed by atoms with E-state index in [0.29, 0.717) is 0 Å². The Bertz CT molecular complexity index is 352. The van der Waals surface area contributed by atoms with Crippen molar-refractivity contribution in [3.05, 3.63) is 35.4 Å². The Morgan fingerprint density at radius 1 is 1.19 bits per heavy atom. The van der Waals surface area contributed by atoms with Gasteiger partial charge in [-0.1, -0.05) is 24.3 Å². The van der Waals surface area contributed by atoms with Crippen LogP contribution in [0, 0.1) is 5.92 Å². The molecular formula is C15H21N. The first kappa shape index (κ1) is 10.3. The molecule has 16 heavy (non-hydrogen) atoms. The molecule has 1 aliphatic carbocycles. The molecule has 2 atom stereocenters. The predicted molar refractivity (Wildman–Crippen MR) is 67.7 cm³/mol. The van der Waals surface area contributed by atoms with Gasteiger partial charge in [0.2, 0.25) is 0 Å². The third-order valence-electron chi connectivity index (χ3n) is 4.27. The highest BCUT2D eigenvalue weighted by Gasteiger charge is 2.24. The number of rotatable bonds is 2. The van der Waals surface area contributed by atoms with Gasteiger partial charge < -0.3 is 5.32 Å². The molecule has 1 aliphatic heterocycles. The number of hydrogen-bond donors (Lipinski definition) is 1. The number of fused-ring (bicyclic) bond motifs is 1. The normalized spacial score (nSPS) is 29.0. The van der Waals surface area contributed by atoms with Crippen molar-refractivity contribution < 1.29 is 0 Å². The highest BCUT2D eigenvalue weighted by molar-refractivity contribution is 5.32. The summed E-state index contributed by atoms with van der Waals surface area (Å²) in [4.78, 5) is 0. The molecule has 1 aromatic carbocycles. The van der Waals surface area contributed by atoms with Crippen LogP contribution in [0.15, 0.2) is 24.3 Å². The minimum Gasteiger partial charge on any atom is -0.316 e. The molecule has 1 saturated heterocycles. The van der Waals surface area contributed by atoms with Gasteiger partial charge in [-0.15, -0.1) is 0 Å². The molecule has 1 heteroatoms. The third-order valence-corrected chi connectivity index (χ3v) is 4.27. The van der Waals surface area contributed by atoms with Crippen molar-refractivity contribution in [1.29, 1.82) is 0 Å². The van der Waals surface area contributed by atoms with Crippen molar-refractivity contribution in [3.63, 3.8) is 0 Å². The van der Waals surface area contributed by atoms with E-state index in [-0.39, 0.29) is 0 Å².